The summed E-state index contributed by atoms with van der Waals surface area (Å²) in [6, 6.07) is 15.3. The molecule has 1 unspecified atom stereocenters. The van der Waals surface area contributed by atoms with Crippen LogP contribution in [0.1, 0.15) is 28.9 Å². The predicted octanol–water partition coefficient (Wildman–Crippen LogP) is 2.76. The lowest BCUT2D eigenvalue weighted by atomic mass is 10.1. The number of benzene rings is 2. The number of hydroxylamine groups is 1. The lowest BCUT2D eigenvalue weighted by Crippen LogP contribution is -2.18. The topological polar surface area (TPSA) is 67.2 Å². The monoisotopic (exact) mass is 281 g/mol. The highest BCUT2D eigenvalue weighted by atomic mass is 16.5. The summed E-state index contributed by atoms with van der Waals surface area (Å²) in [5.41, 5.74) is 4.87. The highest BCUT2D eigenvalue weighted by Crippen LogP contribution is 2.24. The van der Waals surface area contributed by atoms with Crippen LogP contribution in [0.5, 0.6) is 0 Å². The summed E-state index contributed by atoms with van der Waals surface area (Å²) in [6.07, 6.45) is 1.77. The van der Waals surface area contributed by atoms with Crippen molar-refractivity contribution in [3.8, 4) is 0 Å². The van der Waals surface area contributed by atoms with Gasteiger partial charge in [0, 0.05) is 5.56 Å². The quantitative estimate of drug-likeness (QED) is 0.573. The van der Waals surface area contributed by atoms with Crippen LogP contribution < -0.4 is 5.48 Å². The van der Waals surface area contributed by atoms with E-state index in [0.29, 0.717) is 5.56 Å². The van der Waals surface area contributed by atoms with Gasteiger partial charge in [-0.2, -0.15) is 0 Å². The largest absolute Gasteiger partial charge is 0.323 e. The van der Waals surface area contributed by atoms with E-state index < -0.39 is 5.91 Å². The van der Waals surface area contributed by atoms with Gasteiger partial charge in [-0.15, -0.1) is 0 Å². The van der Waals surface area contributed by atoms with Crippen molar-refractivity contribution in [3.05, 3.63) is 66.0 Å². The molecule has 0 spiro atoms. The van der Waals surface area contributed by atoms with E-state index in [-0.39, 0.29) is 6.04 Å². The third-order valence-corrected chi connectivity index (χ3v) is 3.64. The molecule has 21 heavy (non-hydrogen) atoms. The average Bonchev–Trinajstić information content (AvgIpc) is 2.97. The van der Waals surface area contributed by atoms with E-state index in [1.807, 2.05) is 22.8 Å². The second-order valence-electron chi connectivity index (χ2n) is 4.88. The Bertz CT molecular complexity index is 781. The van der Waals surface area contributed by atoms with Crippen molar-refractivity contribution in [1.82, 2.24) is 15.0 Å². The van der Waals surface area contributed by atoms with Crippen molar-refractivity contribution in [2.75, 3.05) is 0 Å². The zero-order valence-electron chi connectivity index (χ0n) is 11.5. The van der Waals surface area contributed by atoms with E-state index in [1.165, 1.54) is 0 Å². The van der Waals surface area contributed by atoms with Gasteiger partial charge >= 0.3 is 0 Å². The lowest BCUT2D eigenvalue weighted by Gasteiger charge is -2.15. The Balaban J connectivity index is 2.08. The second kappa shape index (κ2) is 5.38. The number of hydrogen-bond donors (Lipinski definition) is 2. The Morgan fingerprint density at radius 2 is 2.00 bits per heavy atom. The molecule has 5 heteroatoms. The summed E-state index contributed by atoms with van der Waals surface area (Å²) in [6.45, 7) is 2.08. The molecule has 0 radical (unpaired) electrons. The summed E-state index contributed by atoms with van der Waals surface area (Å²) >= 11 is 0. The van der Waals surface area contributed by atoms with Crippen LogP contribution >= 0.6 is 0 Å². The molecule has 1 amide bonds. The highest BCUT2D eigenvalue weighted by molar-refractivity contribution is 5.96. The Labute approximate surface area is 121 Å². The lowest BCUT2D eigenvalue weighted by molar-refractivity contribution is 0.0706. The molecule has 2 aromatic carbocycles. The van der Waals surface area contributed by atoms with Crippen LogP contribution in [0, 0.1) is 0 Å². The predicted molar refractivity (Wildman–Crippen MR) is 79.2 cm³/mol. The number of nitrogens with one attached hydrogen (secondary N) is 1. The normalized spacial score (nSPS) is 12.3. The average molecular weight is 281 g/mol. The molecule has 1 atom stereocenters. The third kappa shape index (κ3) is 2.39. The summed E-state index contributed by atoms with van der Waals surface area (Å²) in [7, 11) is 0. The first-order valence-electron chi connectivity index (χ1n) is 6.66. The van der Waals surface area contributed by atoms with Crippen molar-refractivity contribution in [1.29, 1.82) is 0 Å². The van der Waals surface area contributed by atoms with Crippen LogP contribution in [-0.4, -0.2) is 20.7 Å². The molecule has 0 saturated heterocycles. The number of carbonyl (C=O) groups is 1. The first kappa shape index (κ1) is 13.3. The number of carbonyl (C=O) groups excluding carboxylic acids is 1. The smallest absolute Gasteiger partial charge is 0.274 e. The maximum atomic E-state index is 11.5. The number of imidazole rings is 1. The van der Waals surface area contributed by atoms with Crippen molar-refractivity contribution in [2.24, 2.45) is 0 Å². The van der Waals surface area contributed by atoms with Gasteiger partial charge in [-0.1, -0.05) is 30.3 Å². The Kier molecular flexibility index (Phi) is 3.41. The van der Waals surface area contributed by atoms with Gasteiger partial charge in [0.2, 0.25) is 0 Å². The molecular formula is C16H15N3O2. The zero-order chi connectivity index (χ0) is 14.8. The summed E-state index contributed by atoms with van der Waals surface area (Å²) in [4.78, 5) is 15.9. The van der Waals surface area contributed by atoms with Gasteiger partial charge in [0.25, 0.3) is 5.91 Å². The molecular weight excluding hydrogens is 266 g/mol. The van der Waals surface area contributed by atoms with Gasteiger partial charge < -0.3 is 4.57 Å². The van der Waals surface area contributed by atoms with Gasteiger partial charge in [0.05, 0.1) is 23.4 Å². The molecule has 1 aromatic heterocycles. The molecule has 0 aliphatic rings. The Hall–Kier alpha value is -2.66. The molecule has 0 bridgehead atoms. The van der Waals surface area contributed by atoms with Crippen LogP contribution in [0.15, 0.2) is 54.9 Å². The fourth-order valence-corrected chi connectivity index (χ4v) is 2.43. The van der Waals surface area contributed by atoms with E-state index in [1.54, 1.807) is 30.0 Å². The van der Waals surface area contributed by atoms with Crippen LogP contribution in [-0.2, 0) is 0 Å². The molecule has 3 aromatic rings. The number of nitrogens with zero attached hydrogens (tertiary/aromatic N) is 2. The maximum absolute atomic E-state index is 11.5. The van der Waals surface area contributed by atoms with Crippen molar-refractivity contribution in [2.45, 2.75) is 13.0 Å². The van der Waals surface area contributed by atoms with Crippen LogP contribution in [0.3, 0.4) is 0 Å². The fraction of sp³-hybridized carbons (Fsp3) is 0.125. The van der Waals surface area contributed by atoms with E-state index >= 15 is 0 Å². The number of hydrogen-bond acceptors (Lipinski definition) is 3. The van der Waals surface area contributed by atoms with Crippen molar-refractivity contribution < 1.29 is 10.0 Å². The number of amides is 1. The molecule has 2 N–H and O–H groups in total. The van der Waals surface area contributed by atoms with Crippen LogP contribution in [0.4, 0.5) is 0 Å². The molecule has 106 valence electrons. The molecule has 3 rings (SSSR count). The standard InChI is InChI=1S/C16H15N3O2/c1-11(12-5-3-2-4-6-12)19-10-17-14-8-7-13(9-15(14)19)16(20)18-21/h2-11,21H,1H3,(H,18,20). The zero-order valence-corrected chi connectivity index (χ0v) is 11.5. The molecule has 5 nitrogen and oxygen atoms in total. The number of fused-ring (bicyclic) bond motifs is 1. The van der Waals surface area contributed by atoms with Gasteiger partial charge in [0.1, 0.15) is 0 Å². The molecule has 1 heterocycles. The first-order valence-corrected chi connectivity index (χ1v) is 6.66. The van der Waals surface area contributed by atoms with Crippen molar-refractivity contribution in [3.63, 3.8) is 0 Å². The van der Waals surface area contributed by atoms with Gasteiger partial charge in [-0.3, -0.25) is 10.0 Å². The van der Waals surface area contributed by atoms with Crippen molar-refractivity contribution >= 4 is 16.9 Å². The molecule has 0 aliphatic carbocycles. The number of aromatic nitrogens is 2. The second-order valence-corrected chi connectivity index (χ2v) is 4.88. The minimum atomic E-state index is -0.531. The minimum absolute atomic E-state index is 0.101. The SMILES string of the molecule is CC(c1ccccc1)n1cnc2ccc(C(=O)NO)cc21. The minimum Gasteiger partial charge on any atom is -0.323 e. The fourth-order valence-electron chi connectivity index (χ4n) is 2.43. The molecule has 0 fully saturated rings. The van der Waals surface area contributed by atoms with Gasteiger partial charge in [-0.05, 0) is 30.7 Å². The Morgan fingerprint density at radius 3 is 2.71 bits per heavy atom. The first-order chi connectivity index (χ1) is 10.2. The number of rotatable bonds is 3. The van der Waals surface area contributed by atoms with Crippen LogP contribution in [0.2, 0.25) is 0 Å². The van der Waals surface area contributed by atoms with E-state index in [2.05, 4.69) is 24.0 Å². The van der Waals surface area contributed by atoms with E-state index in [4.69, 9.17) is 5.21 Å². The summed E-state index contributed by atoms with van der Waals surface area (Å²) in [5, 5.41) is 8.75. The van der Waals surface area contributed by atoms with Gasteiger partial charge in [0.15, 0.2) is 0 Å². The Morgan fingerprint density at radius 1 is 1.24 bits per heavy atom. The maximum Gasteiger partial charge on any atom is 0.274 e. The molecule has 0 aliphatic heterocycles. The molecule has 0 saturated carbocycles. The highest BCUT2D eigenvalue weighted by Gasteiger charge is 2.13. The van der Waals surface area contributed by atoms with Crippen LogP contribution in [0.25, 0.3) is 11.0 Å². The summed E-state index contributed by atoms with van der Waals surface area (Å²) in [5.74, 6) is -0.531. The van der Waals surface area contributed by atoms with E-state index in [0.717, 1.165) is 16.6 Å². The van der Waals surface area contributed by atoms with E-state index in [9.17, 15) is 4.79 Å². The van der Waals surface area contributed by atoms with Gasteiger partial charge in [-0.25, -0.2) is 10.5 Å². The summed E-state index contributed by atoms with van der Waals surface area (Å²) < 4.78 is 2.01. The third-order valence-electron chi connectivity index (χ3n) is 3.64.